The molecule has 2 aromatic rings. The highest BCUT2D eigenvalue weighted by atomic mass is 32.1. The fraction of sp³-hybridized carbons (Fsp3) is 0.667. The van der Waals surface area contributed by atoms with E-state index in [2.05, 4.69) is 36.8 Å². The second-order valence-corrected chi connectivity index (χ2v) is 5.67. The highest BCUT2D eigenvalue weighted by Gasteiger charge is 2.21. The maximum atomic E-state index is 5.35. The van der Waals surface area contributed by atoms with Gasteiger partial charge < -0.3 is 9.30 Å². The molecule has 0 radical (unpaired) electrons. The van der Waals surface area contributed by atoms with E-state index < -0.39 is 0 Å². The van der Waals surface area contributed by atoms with Crippen molar-refractivity contribution >= 4 is 11.3 Å². The van der Waals surface area contributed by atoms with E-state index in [1.807, 2.05) is 6.92 Å². The molecule has 0 N–H and O–H groups in total. The predicted octanol–water partition coefficient (Wildman–Crippen LogP) is 1.11. The van der Waals surface area contributed by atoms with Gasteiger partial charge in [-0.2, -0.15) is 0 Å². The molecule has 2 aromatic heterocycles. The Bertz CT molecular complexity index is 580. The van der Waals surface area contributed by atoms with Crippen LogP contribution in [0, 0.1) is 0 Å². The highest BCUT2D eigenvalue weighted by molar-refractivity contribution is 7.13. The minimum absolute atomic E-state index is 0.626. The van der Waals surface area contributed by atoms with Crippen molar-refractivity contribution in [2.45, 2.75) is 39.9 Å². The molecule has 108 valence electrons. The van der Waals surface area contributed by atoms with Gasteiger partial charge in [-0.15, -0.1) is 20.4 Å². The van der Waals surface area contributed by atoms with Crippen LogP contribution in [0.1, 0.15) is 30.5 Å². The van der Waals surface area contributed by atoms with Gasteiger partial charge in [0, 0.05) is 19.5 Å². The van der Waals surface area contributed by atoms with Gasteiger partial charge in [-0.25, -0.2) is 0 Å². The molecule has 1 aliphatic heterocycles. The van der Waals surface area contributed by atoms with E-state index >= 15 is 0 Å². The van der Waals surface area contributed by atoms with Gasteiger partial charge in [0.05, 0.1) is 19.7 Å². The Morgan fingerprint density at radius 3 is 2.85 bits per heavy atom. The van der Waals surface area contributed by atoms with Crippen LogP contribution < -0.4 is 4.74 Å². The average molecular weight is 294 g/mol. The highest BCUT2D eigenvalue weighted by Crippen LogP contribution is 2.21. The summed E-state index contributed by atoms with van der Waals surface area (Å²) in [6, 6.07) is 0. The Labute approximate surface area is 121 Å². The molecule has 7 nitrogen and oxygen atoms in total. The van der Waals surface area contributed by atoms with Crippen molar-refractivity contribution in [2.75, 3.05) is 13.2 Å². The first kappa shape index (κ1) is 13.4. The molecule has 0 fully saturated rings. The molecule has 0 spiro atoms. The zero-order chi connectivity index (χ0) is 13.9. The molecular formula is C12H18N6OS. The third-order valence-corrected chi connectivity index (χ3v) is 4.12. The summed E-state index contributed by atoms with van der Waals surface area (Å²) in [6.07, 6.45) is 0.932. The summed E-state index contributed by atoms with van der Waals surface area (Å²) in [5.41, 5.74) is 0. The van der Waals surface area contributed by atoms with Crippen LogP contribution >= 0.6 is 11.3 Å². The molecule has 0 saturated carbocycles. The molecule has 0 atom stereocenters. The Hall–Kier alpha value is -1.54. The van der Waals surface area contributed by atoms with Crippen LogP contribution in [-0.4, -0.2) is 43.0 Å². The van der Waals surface area contributed by atoms with Crippen molar-refractivity contribution in [1.82, 2.24) is 29.9 Å². The minimum Gasteiger partial charge on any atom is -0.469 e. The molecule has 0 aliphatic carbocycles. The maximum absolute atomic E-state index is 5.35. The van der Waals surface area contributed by atoms with Gasteiger partial charge in [0.25, 0.3) is 5.19 Å². The predicted molar refractivity (Wildman–Crippen MR) is 74.6 cm³/mol. The molecule has 0 amide bonds. The van der Waals surface area contributed by atoms with E-state index in [9.17, 15) is 0 Å². The van der Waals surface area contributed by atoms with Crippen molar-refractivity contribution in [3.8, 4) is 5.19 Å². The molecule has 0 unspecified atom stereocenters. The Kier molecular flexibility index (Phi) is 3.93. The number of ether oxygens (including phenoxy) is 1. The second-order valence-electron chi connectivity index (χ2n) is 4.64. The molecule has 0 aromatic carbocycles. The van der Waals surface area contributed by atoms with E-state index in [1.54, 1.807) is 0 Å². The maximum Gasteiger partial charge on any atom is 0.294 e. The molecule has 0 bridgehead atoms. The lowest BCUT2D eigenvalue weighted by Gasteiger charge is -2.26. The van der Waals surface area contributed by atoms with Gasteiger partial charge in [-0.3, -0.25) is 4.90 Å². The van der Waals surface area contributed by atoms with Crippen LogP contribution in [0.4, 0.5) is 0 Å². The third kappa shape index (κ3) is 2.66. The van der Waals surface area contributed by atoms with Crippen molar-refractivity contribution in [2.24, 2.45) is 0 Å². The van der Waals surface area contributed by atoms with Crippen LogP contribution in [-0.2, 0) is 26.1 Å². The minimum atomic E-state index is 0.626. The summed E-state index contributed by atoms with van der Waals surface area (Å²) in [4.78, 5) is 2.32. The van der Waals surface area contributed by atoms with Gasteiger partial charge in [0.2, 0.25) is 0 Å². The summed E-state index contributed by atoms with van der Waals surface area (Å²) in [5.74, 6) is 2.12. The largest absolute Gasteiger partial charge is 0.469 e. The average Bonchev–Trinajstić information content (AvgIpc) is 3.05. The number of nitrogens with zero attached hydrogens (tertiary/aromatic N) is 6. The lowest BCUT2D eigenvalue weighted by Crippen LogP contribution is -2.33. The molecule has 3 rings (SSSR count). The fourth-order valence-electron chi connectivity index (χ4n) is 2.34. The van der Waals surface area contributed by atoms with Crippen LogP contribution in [0.15, 0.2) is 0 Å². The smallest absolute Gasteiger partial charge is 0.294 e. The van der Waals surface area contributed by atoms with Gasteiger partial charge in [-0.05, 0) is 6.92 Å². The lowest BCUT2D eigenvalue weighted by atomic mass is 10.3. The number of aromatic nitrogens is 5. The van der Waals surface area contributed by atoms with Gasteiger partial charge in [0.15, 0.2) is 0 Å². The number of hydrogen-bond acceptors (Lipinski definition) is 7. The van der Waals surface area contributed by atoms with Gasteiger partial charge in [-0.1, -0.05) is 18.3 Å². The van der Waals surface area contributed by atoms with Crippen molar-refractivity contribution in [3.05, 3.63) is 16.7 Å². The molecule has 3 heterocycles. The standard InChI is InChI=1S/C12H18N6OS/c1-3-9-13-14-10-7-17(5-6-18(9)10)8-11-15-16-12(20-11)19-4-2/h3-8H2,1-2H3. The molecule has 8 heteroatoms. The number of hydrogen-bond donors (Lipinski definition) is 0. The quantitative estimate of drug-likeness (QED) is 0.822. The zero-order valence-corrected chi connectivity index (χ0v) is 12.6. The summed E-state index contributed by atoms with van der Waals surface area (Å²) in [7, 11) is 0. The summed E-state index contributed by atoms with van der Waals surface area (Å²) in [5, 5.41) is 18.3. The van der Waals surface area contributed by atoms with Crippen LogP contribution in [0.3, 0.4) is 0 Å². The normalized spacial score (nSPS) is 15.3. The second kappa shape index (κ2) is 5.84. The Morgan fingerprint density at radius 1 is 1.15 bits per heavy atom. The first-order valence-electron chi connectivity index (χ1n) is 6.88. The van der Waals surface area contributed by atoms with Crippen LogP contribution in [0.25, 0.3) is 0 Å². The topological polar surface area (TPSA) is 69.0 Å². The monoisotopic (exact) mass is 294 g/mol. The lowest BCUT2D eigenvalue weighted by molar-refractivity contribution is 0.206. The summed E-state index contributed by atoms with van der Waals surface area (Å²) >= 11 is 1.51. The Morgan fingerprint density at radius 2 is 2.05 bits per heavy atom. The van der Waals surface area contributed by atoms with Crippen molar-refractivity contribution in [1.29, 1.82) is 0 Å². The zero-order valence-electron chi connectivity index (χ0n) is 11.7. The van der Waals surface area contributed by atoms with Crippen molar-refractivity contribution in [3.63, 3.8) is 0 Å². The molecule has 1 aliphatic rings. The van der Waals surface area contributed by atoms with Gasteiger partial charge >= 0.3 is 0 Å². The van der Waals surface area contributed by atoms with E-state index in [-0.39, 0.29) is 0 Å². The molecular weight excluding hydrogens is 276 g/mol. The fourth-order valence-corrected chi connectivity index (χ4v) is 3.13. The Balaban J connectivity index is 1.64. The summed E-state index contributed by atoms with van der Waals surface area (Å²) in [6.45, 7) is 8.23. The number of rotatable bonds is 5. The SMILES string of the molecule is CCOc1nnc(CN2CCn3c(CC)nnc3C2)s1. The molecule has 0 saturated heterocycles. The van der Waals surface area contributed by atoms with Gasteiger partial charge in [0.1, 0.15) is 16.7 Å². The first-order chi connectivity index (χ1) is 9.80. The van der Waals surface area contributed by atoms with E-state index in [0.29, 0.717) is 11.8 Å². The first-order valence-corrected chi connectivity index (χ1v) is 7.70. The van der Waals surface area contributed by atoms with E-state index in [0.717, 1.165) is 49.3 Å². The van der Waals surface area contributed by atoms with Crippen molar-refractivity contribution < 1.29 is 4.74 Å². The molecule has 20 heavy (non-hydrogen) atoms. The van der Waals surface area contributed by atoms with E-state index in [4.69, 9.17) is 4.74 Å². The third-order valence-electron chi connectivity index (χ3n) is 3.30. The van der Waals surface area contributed by atoms with Crippen LogP contribution in [0.5, 0.6) is 5.19 Å². The number of fused-ring (bicyclic) bond motifs is 1. The number of aryl methyl sites for hydroxylation is 1. The van der Waals surface area contributed by atoms with Crippen LogP contribution in [0.2, 0.25) is 0 Å². The summed E-state index contributed by atoms with van der Waals surface area (Å²) < 4.78 is 7.57. The van der Waals surface area contributed by atoms with E-state index in [1.165, 1.54) is 11.3 Å².